The van der Waals surface area contributed by atoms with E-state index in [4.69, 9.17) is 19.3 Å². The van der Waals surface area contributed by atoms with E-state index in [-0.39, 0.29) is 6.61 Å². The molecule has 5 nitrogen and oxygen atoms in total. The zero-order valence-corrected chi connectivity index (χ0v) is 13.9. The first-order chi connectivity index (χ1) is 11.5. The summed E-state index contributed by atoms with van der Waals surface area (Å²) in [7, 11) is 3.18. The van der Waals surface area contributed by atoms with Gasteiger partial charge >= 0.3 is 5.97 Å². The van der Waals surface area contributed by atoms with Crippen molar-refractivity contribution in [3.63, 3.8) is 0 Å². The maximum atomic E-state index is 10.6. The predicted octanol–water partition coefficient (Wildman–Crippen LogP) is 3.69. The van der Waals surface area contributed by atoms with E-state index in [1.165, 1.54) is 6.08 Å². The summed E-state index contributed by atoms with van der Waals surface area (Å²) in [6.07, 6.45) is 2.62. The third-order valence-electron chi connectivity index (χ3n) is 3.43. The fourth-order valence-electron chi connectivity index (χ4n) is 2.23. The largest absolute Gasteiger partial charge is 0.496 e. The van der Waals surface area contributed by atoms with Gasteiger partial charge in [0.05, 0.1) is 14.2 Å². The van der Waals surface area contributed by atoms with Crippen LogP contribution in [0.1, 0.15) is 16.7 Å². The Balaban J connectivity index is 2.22. The molecule has 0 aliphatic carbocycles. The molecule has 0 aliphatic heterocycles. The topological polar surface area (TPSA) is 65.0 Å². The molecule has 0 heterocycles. The van der Waals surface area contributed by atoms with Gasteiger partial charge in [-0.25, -0.2) is 4.79 Å². The van der Waals surface area contributed by atoms with Crippen molar-refractivity contribution in [3.8, 4) is 17.2 Å². The van der Waals surface area contributed by atoms with Crippen LogP contribution < -0.4 is 14.2 Å². The van der Waals surface area contributed by atoms with E-state index in [2.05, 4.69) is 0 Å². The van der Waals surface area contributed by atoms with Crippen LogP contribution in [0.3, 0.4) is 0 Å². The minimum absolute atomic E-state index is 0.275. The molecule has 0 unspecified atom stereocenters. The molecule has 2 aromatic carbocycles. The third kappa shape index (κ3) is 4.52. The van der Waals surface area contributed by atoms with Crippen molar-refractivity contribution in [2.24, 2.45) is 0 Å². The lowest BCUT2D eigenvalue weighted by Gasteiger charge is -2.14. The summed E-state index contributed by atoms with van der Waals surface area (Å²) in [6.45, 7) is 2.25. The normalized spacial score (nSPS) is 10.6. The molecule has 2 aromatic rings. The number of rotatable bonds is 7. The van der Waals surface area contributed by atoms with Gasteiger partial charge in [-0.05, 0) is 48.4 Å². The van der Waals surface area contributed by atoms with E-state index in [1.54, 1.807) is 26.4 Å². The zero-order chi connectivity index (χ0) is 17.5. The lowest BCUT2D eigenvalue weighted by Crippen LogP contribution is -2.01. The van der Waals surface area contributed by atoms with Gasteiger partial charge in [0, 0.05) is 11.6 Å². The molecule has 0 bridgehead atoms. The van der Waals surface area contributed by atoms with Crippen LogP contribution in [0.2, 0.25) is 0 Å². The molecule has 0 radical (unpaired) electrons. The van der Waals surface area contributed by atoms with Crippen LogP contribution in [0.5, 0.6) is 17.2 Å². The van der Waals surface area contributed by atoms with Crippen LogP contribution in [0, 0.1) is 6.92 Å². The first-order valence-electron chi connectivity index (χ1n) is 7.39. The number of carboxylic acid groups (broad SMARTS) is 1. The van der Waals surface area contributed by atoms with Crippen LogP contribution in [0.25, 0.3) is 6.08 Å². The van der Waals surface area contributed by atoms with E-state index in [0.29, 0.717) is 17.2 Å². The summed E-state index contributed by atoms with van der Waals surface area (Å²) < 4.78 is 16.5. The fraction of sp³-hybridized carbons (Fsp3) is 0.211. The fourth-order valence-corrected chi connectivity index (χ4v) is 2.23. The number of carbonyl (C=O) groups is 1. The van der Waals surface area contributed by atoms with Crippen LogP contribution in [0.4, 0.5) is 0 Å². The molecule has 0 spiro atoms. The van der Waals surface area contributed by atoms with Crippen LogP contribution in [-0.2, 0) is 11.4 Å². The Kier molecular flexibility index (Phi) is 5.84. The molecular weight excluding hydrogens is 308 g/mol. The quantitative estimate of drug-likeness (QED) is 0.785. The summed E-state index contributed by atoms with van der Waals surface area (Å²) in [5.41, 5.74) is 2.65. The highest BCUT2D eigenvalue weighted by Crippen LogP contribution is 2.30. The lowest BCUT2D eigenvalue weighted by atomic mass is 10.1. The number of benzene rings is 2. The van der Waals surface area contributed by atoms with Crippen molar-refractivity contribution >= 4 is 12.0 Å². The number of hydrogen-bond acceptors (Lipinski definition) is 4. The highest BCUT2D eigenvalue weighted by atomic mass is 16.5. The molecule has 1 N–H and O–H groups in total. The second-order valence-corrected chi connectivity index (χ2v) is 5.19. The first kappa shape index (κ1) is 17.4. The van der Waals surface area contributed by atoms with Gasteiger partial charge in [-0.2, -0.15) is 0 Å². The number of aliphatic carboxylic acids is 1. The van der Waals surface area contributed by atoms with Gasteiger partial charge in [-0.3, -0.25) is 0 Å². The minimum Gasteiger partial charge on any atom is -0.496 e. The van der Waals surface area contributed by atoms with Crippen LogP contribution in [-0.4, -0.2) is 25.3 Å². The predicted molar refractivity (Wildman–Crippen MR) is 91.7 cm³/mol. The van der Waals surface area contributed by atoms with Gasteiger partial charge < -0.3 is 19.3 Å². The molecule has 0 atom stereocenters. The lowest BCUT2D eigenvalue weighted by molar-refractivity contribution is -0.131. The minimum atomic E-state index is -0.993. The van der Waals surface area contributed by atoms with Gasteiger partial charge in [-0.15, -0.1) is 0 Å². The molecule has 0 saturated carbocycles. The number of methoxy groups -OCH3 is 2. The van der Waals surface area contributed by atoms with Crippen molar-refractivity contribution in [2.45, 2.75) is 13.5 Å². The maximum absolute atomic E-state index is 10.6. The van der Waals surface area contributed by atoms with Crippen LogP contribution >= 0.6 is 0 Å². The molecule has 0 fully saturated rings. The second-order valence-electron chi connectivity index (χ2n) is 5.19. The molecule has 0 aromatic heterocycles. The molecular formula is C19H20O5. The maximum Gasteiger partial charge on any atom is 0.328 e. The van der Waals surface area contributed by atoms with Gasteiger partial charge in [0.25, 0.3) is 0 Å². The summed E-state index contributed by atoms with van der Waals surface area (Å²) in [5, 5.41) is 8.73. The van der Waals surface area contributed by atoms with Crippen molar-refractivity contribution in [3.05, 3.63) is 59.2 Å². The van der Waals surface area contributed by atoms with Crippen molar-refractivity contribution in [2.75, 3.05) is 14.2 Å². The van der Waals surface area contributed by atoms with Crippen molar-refractivity contribution in [1.29, 1.82) is 0 Å². The van der Waals surface area contributed by atoms with E-state index >= 15 is 0 Å². The van der Waals surface area contributed by atoms with Gasteiger partial charge in [0.1, 0.15) is 12.4 Å². The SMILES string of the molecule is COc1ccc(/C=C/C(=O)O)cc1COc1ccc(C)cc1OC. The Morgan fingerprint density at radius 3 is 2.42 bits per heavy atom. The Bertz CT molecular complexity index is 749. The average molecular weight is 328 g/mol. The molecule has 0 aliphatic rings. The molecule has 126 valence electrons. The summed E-state index contributed by atoms with van der Waals surface area (Å²) >= 11 is 0. The highest BCUT2D eigenvalue weighted by Gasteiger charge is 2.08. The van der Waals surface area contributed by atoms with Crippen molar-refractivity contribution < 1.29 is 24.1 Å². The summed E-state index contributed by atoms with van der Waals surface area (Å²) in [6, 6.07) is 11.1. The van der Waals surface area contributed by atoms with Gasteiger partial charge in [0.2, 0.25) is 0 Å². The Hall–Kier alpha value is -2.95. The molecule has 2 rings (SSSR count). The highest BCUT2D eigenvalue weighted by molar-refractivity contribution is 5.85. The molecule has 0 saturated heterocycles. The molecule has 5 heteroatoms. The van der Waals surface area contributed by atoms with E-state index in [9.17, 15) is 4.79 Å². The Morgan fingerprint density at radius 1 is 1.04 bits per heavy atom. The standard InChI is InChI=1S/C19H20O5/c1-13-4-7-17(18(10-13)23-3)24-12-15-11-14(6-9-19(20)21)5-8-16(15)22-2/h4-11H,12H2,1-3H3,(H,20,21)/b9-6+. The van der Waals surface area contributed by atoms with E-state index in [1.807, 2.05) is 31.2 Å². The smallest absolute Gasteiger partial charge is 0.328 e. The molecule has 0 amide bonds. The zero-order valence-electron chi connectivity index (χ0n) is 13.9. The van der Waals surface area contributed by atoms with Gasteiger partial charge in [-0.1, -0.05) is 12.1 Å². The van der Waals surface area contributed by atoms with Crippen molar-refractivity contribution in [1.82, 2.24) is 0 Å². The number of carboxylic acids is 1. The number of aryl methyl sites for hydroxylation is 1. The number of ether oxygens (including phenoxy) is 3. The summed E-state index contributed by atoms with van der Waals surface area (Å²) in [5.74, 6) is 0.981. The van der Waals surface area contributed by atoms with Gasteiger partial charge in [0.15, 0.2) is 11.5 Å². The molecule has 24 heavy (non-hydrogen) atoms. The first-order valence-corrected chi connectivity index (χ1v) is 7.39. The Morgan fingerprint density at radius 2 is 1.75 bits per heavy atom. The Labute approximate surface area is 141 Å². The monoisotopic (exact) mass is 328 g/mol. The van der Waals surface area contributed by atoms with E-state index in [0.717, 1.165) is 22.8 Å². The second kappa shape index (κ2) is 8.06. The van der Waals surface area contributed by atoms with E-state index < -0.39 is 5.97 Å². The number of hydrogen-bond donors (Lipinski definition) is 1. The van der Waals surface area contributed by atoms with Crippen LogP contribution in [0.15, 0.2) is 42.5 Å². The average Bonchev–Trinajstić information content (AvgIpc) is 2.58. The third-order valence-corrected chi connectivity index (χ3v) is 3.43. The summed E-state index contributed by atoms with van der Waals surface area (Å²) in [4.78, 5) is 10.6.